The zero-order chi connectivity index (χ0) is 26.0. The highest BCUT2D eigenvalue weighted by atomic mass is 35.5. The number of nitrogens with one attached hydrogen (secondary N) is 1. The van der Waals surface area contributed by atoms with Crippen LogP contribution in [0.2, 0.25) is 10.0 Å². The van der Waals surface area contributed by atoms with Gasteiger partial charge in [0.1, 0.15) is 23.4 Å². The Balaban J connectivity index is 1.84. The number of esters is 1. The van der Waals surface area contributed by atoms with Crippen molar-refractivity contribution in [1.29, 1.82) is 0 Å². The number of benzene rings is 2. The van der Waals surface area contributed by atoms with Gasteiger partial charge in [0.15, 0.2) is 0 Å². The summed E-state index contributed by atoms with van der Waals surface area (Å²) < 4.78 is 33.2. The molecule has 2 atom stereocenters. The van der Waals surface area contributed by atoms with Gasteiger partial charge in [-0.3, -0.25) is 4.79 Å². The average Bonchev–Trinajstić information content (AvgIpc) is 3.24. The number of amides is 1. The Labute approximate surface area is 215 Å². The molecule has 190 valence electrons. The van der Waals surface area contributed by atoms with E-state index in [2.05, 4.69) is 5.32 Å². The first-order valence-electron chi connectivity index (χ1n) is 11.1. The summed E-state index contributed by atoms with van der Waals surface area (Å²) in [7, 11) is -4.07. The van der Waals surface area contributed by atoms with Crippen LogP contribution in [-0.2, 0) is 30.8 Å². The molecule has 1 amide bonds. The number of aromatic hydroxyl groups is 1. The van der Waals surface area contributed by atoms with Crippen molar-refractivity contribution in [2.45, 2.75) is 62.6 Å². The van der Waals surface area contributed by atoms with E-state index in [1.165, 1.54) is 30.3 Å². The molecular weight excluding hydrogens is 515 g/mol. The molecule has 2 N–H and O–H groups in total. The number of phenolic OH excluding ortho intramolecular Hbond substituents is 1. The van der Waals surface area contributed by atoms with Crippen LogP contribution in [0.25, 0.3) is 0 Å². The number of ether oxygens (including phenoxy) is 1. The quantitative estimate of drug-likeness (QED) is 0.512. The summed E-state index contributed by atoms with van der Waals surface area (Å²) in [5, 5.41) is 12.5. The lowest BCUT2D eigenvalue weighted by Crippen LogP contribution is -2.52. The molecule has 3 rings (SSSR count). The third kappa shape index (κ3) is 7.10. The fourth-order valence-corrected chi connectivity index (χ4v) is 6.19. The van der Waals surface area contributed by atoms with Gasteiger partial charge in [0.2, 0.25) is 15.9 Å². The lowest BCUT2D eigenvalue weighted by molar-refractivity contribution is -0.158. The molecular formula is C24H28Cl2N2O6S. The van der Waals surface area contributed by atoms with Gasteiger partial charge in [-0.1, -0.05) is 35.3 Å². The second-order valence-corrected chi connectivity index (χ2v) is 12.1. The Hall–Kier alpha value is -2.33. The number of hydrogen-bond donors (Lipinski definition) is 2. The predicted octanol–water partition coefficient (Wildman–Crippen LogP) is 3.92. The van der Waals surface area contributed by atoms with Crippen molar-refractivity contribution in [3.63, 3.8) is 0 Å². The Morgan fingerprint density at radius 1 is 1.14 bits per heavy atom. The normalized spacial score (nSPS) is 17.7. The summed E-state index contributed by atoms with van der Waals surface area (Å²) in [5.74, 6) is -1.18. The molecule has 8 nitrogen and oxygen atoms in total. The number of nitrogens with zero attached hydrogens (tertiary/aromatic N) is 1. The van der Waals surface area contributed by atoms with Crippen LogP contribution in [-0.4, -0.2) is 53.9 Å². The van der Waals surface area contributed by atoms with E-state index in [0.717, 1.165) is 4.31 Å². The predicted molar refractivity (Wildman–Crippen MR) is 133 cm³/mol. The van der Waals surface area contributed by atoms with E-state index in [1.807, 2.05) is 0 Å². The summed E-state index contributed by atoms with van der Waals surface area (Å²) in [6.07, 6.45) is 0.866. The van der Waals surface area contributed by atoms with E-state index < -0.39 is 39.6 Å². The average molecular weight is 543 g/mol. The van der Waals surface area contributed by atoms with Crippen molar-refractivity contribution in [3.05, 3.63) is 58.1 Å². The topological polar surface area (TPSA) is 113 Å². The summed E-state index contributed by atoms with van der Waals surface area (Å²) in [6, 6.07) is 8.14. The number of hydrogen-bond acceptors (Lipinski definition) is 6. The van der Waals surface area contributed by atoms with Gasteiger partial charge in [-0.05, 0) is 69.5 Å². The van der Waals surface area contributed by atoms with Crippen molar-refractivity contribution in [1.82, 2.24) is 9.62 Å². The molecule has 0 unspecified atom stereocenters. The molecule has 1 heterocycles. The number of halogens is 2. The molecule has 0 radical (unpaired) electrons. The molecule has 0 spiro atoms. The van der Waals surface area contributed by atoms with Gasteiger partial charge < -0.3 is 15.2 Å². The summed E-state index contributed by atoms with van der Waals surface area (Å²) in [5.41, 5.74) is -0.104. The number of phenols is 1. The smallest absolute Gasteiger partial charge is 0.329 e. The van der Waals surface area contributed by atoms with Crippen molar-refractivity contribution >= 4 is 45.1 Å². The maximum absolute atomic E-state index is 13.3. The van der Waals surface area contributed by atoms with E-state index in [1.54, 1.807) is 32.9 Å². The van der Waals surface area contributed by atoms with Crippen molar-refractivity contribution < 1.29 is 27.9 Å². The van der Waals surface area contributed by atoms with Crippen LogP contribution < -0.4 is 5.32 Å². The standard InChI is InChI=1S/C24H28Cl2N2O6S/c1-24(2,3)34-23(31)20(11-15-6-8-18(29)9-7-15)27-22(30)21-5-4-10-28(21)35(32,33)19-13-16(25)12-17(26)14-19/h6-9,12-14,20-21,29H,4-5,10-11H2,1-3H3,(H,27,30)/t20-,21-/m0/s1. The lowest BCUT2D eigenvalue weighted by Gasteiger charge is -2.28. The van der Waals surface area contributed by atoms with Gasteiger partial charge in [-0.2, -0.15) is 4.31 Å². The minimum Gasteiger partial charge on any atom is -0.508 e. The summed E-state index contributed by atoms with van der Waals surface area (Å²) in [4.78, 5) is 26.1. The first-order valence-corrected chi connectivity index (χ1v) is 13.2. The van der Waals surface area contributed by atoms with Gasteiger partial charge in [-0.25, -0.2) is 13.2 Å². The molecule has 1 aliphatic rings. The van der Waals surface area contributed by atoms with Crippen molar-refractivity contribution in [2.75, 3.05) is 6.54 Å². The largest absolute Gasteiger partial charge is 0.508 e. The van der Waals surface area contributed by atoms with Gasteiger partial charge in [0.05, 0.1) is 4.90 Å². The monoisotopic (exact) mass is 542 g/mol. The molecule has 2 aromatic carbocycles. The molecule has 11 heteroatoms. The number of carbonyl (C=O) groups excluding carboxylic acids is 2. The van der Waals surface area contributed by atoms with Crippen molar-refractivity contribution in [3.8, 4) is 5.75 Å². The third-order valence-electron chi connectivity index (χ3n) is 5.33. The second kappa shape index (κ2) is 10.7. The maximum atomic E-state index is 13.3. The minimum absolute atomic E-state index is 0.0690. The Bertz CT molecular complexity index is 1180. The van der Waals surface area contributed by atoms with Gasteiger partial charge in [0, 0.05) is 23.0 Å². The summed E-state index contributed by atoms with van der Waals surface area (Å²) in [6.45, 7) is 5.28. The van der Waals surface area contributed by atoms with Crippen LogP contribution in [0.3, 0.4) is 0 Å². The maximum Gasteiger partial charge on any atom is 0.329 e. The molecule has 1 saturated heterocycles. The Morgan fingerprint density at radius 2 is 1.74 bits per heavy atom. The molecule has 0 aliphatic carbocycles. The molecule has 1 fully saturated rings. The fraction of sp³-hybridized carbons (Fsp3) is 0.417. The number of rotatable bonds is 7. The SMILES string of the molecule is CC(C)(C)OC(=O)[C@H](Cc1ccc(O)cc1)NC(=O)[C@@H]1CCCN1S(=O)(=O)c1cc(Cl)cc(Cl)c1. The van der Waals surface area contributed by atoms with Crippen LogP contribution in [0.1, 0.15) is 39.2 Å². The van der Waals surface area contributed by atoms with E-state index in [4.69, 9.17) is 27.9 Å². The zero-order valence-corrected chi connectivity index (χ0v) is 22.0. The van der Waals surface area contributed by atoms with Crippen LogP contribution in [0.15, 0.2) is 47.4 Å². The zero-order valence-electron chi connectivity index (χ0n) is 19.6. The molecule has 0 bridgehead atoms. The fourth-order valence-electron chi connectivity index (χ4n) is 3.80. The van der Waals surface area contributed by atoms with Crippen LogP contribution in [0.4, 0.5) is 0 Å². The van der Waals surface area contributed by atoms with E-state index >= 15 is 0 Å². The third-order valence-corrected chi connectivity index (χ3v) is 7.66. The highest BCUT2D eigenvalue weighted by Crippen LogP contribution is 2.30. The molecule has 0 aromatic heterocycles. The van der Waals surface area contributed by atoms with Crippen LogP contribution >= 0.6 is 23.2 Å². The second-order valence-electron chi connectivity index (χ2n) is 9.34. The Morgan fingerprint density at radius 3 is 2.31 bits per heavy atom. The van der Waals surface area contributed by atoms with E-state index in [-0.39, 0.29) is 33.7 Å². The molecule has 0 saturated carbocycles. The number of sulfonamides is 1. The van der Waals surface area contributed by atoms with Crippen LogP contribution in [0, 0.1) is 0 Å². The number of carbonyl (C=O) groups is 2. The van der Waals surface area contributed by atoms with E-state index in [9.17, 15) is 23.1 Å². The minimum atomic E-state index is -4.07. The van der Waals surface area contributed by atoms with Crippen LogP contribution in [0.5, 0.6) is 5.75 Å². The first kappa shape index (κ1) is 27.3. The summed E-state index contributed by atoms with van der Waals surface area (Å²) >= 11 is 12.0. The molecule has 1 aliphatic heterocycles. The lowest BCUT2D eigenvalue weighted by atomic mass is 10.0. The molecule has 35 heavy (non-hydrogen) atoms. The Kier molecular flexibility index (Phi) is 8.36. The first-order chi connectivity index (χ1) is 16.3. The van der Waals surface area contributed by atoms with Gasteiger partial charge >= 0.3 is 5.97 Å². The highest BCUT2D eigenvalue weighted by molar-refractivity contribution is 7.89. The van der Waals surface area contributed by atoms with Crippen molar-refractivity contribution in [2.24, 2.45) is 0 Å². The van der Waals surface area contributed by atoms with Gasteiger partial charge in [0.25, 0.3) is 0 Å². The van der Waals surface area contributed by atoms with Gasteiger partial charge in [-0.15, -0.1) is 0 Å². The molecule has 2 aromatic rings. The highest BCUT2D eigenvalue weighted by Gasteiger charge is 2.41. The van der Waals surface area contributed by atoms with E-state index in [0.29, 0.717) is 18.4 Å².